The summed E-state index contributed by atoms with van der Waals surface area (Å²) in [5.41, 5.74) is 3.11. The van der Waals surface area contributed by atoms with Crippen molar-refractivity contribution >= 4 is 16.7 Å². The van der Waals surface area contributed by atoms with E-state index in [0.717, 1.165) is 46.9 Å². The first-order chi connectivity index (χ1) is 14.3. The fourth-order valence-corrected chi connectivity index (χ4v) is 3.40. The normalized spacial score (nSPS) is 14.4. The summed E-state index contributed by atoms with van der Waals surface area (Å²) < 4.78 is 16.9. The molecule has 0 amide bonds. The van der Waals surface area contributed by atoms with E-state index in [0.29, 0.717) is 24.7 Å². The van der Waals surface area contributed by atoms with Crippen molar-refractivity contribution in [2.75, 3.05) is 31.2 Å². The van der Waals surface area contributed by atoms with Crippen LogP contribution in [0.15, 0.2) is 41.2 Å². The molecule has 1 aliphatic heterocycles. The number of aromatic amines is 1. The summed E-state index contributed by atoms with van der Waals surface area (Å²) >= 11 is 0. The Balaban J connectivity index is 1.60. The third kappa shape index (κ3) is 3.52. The maximum Gasteiger partial charge on any atom is 0.174 e. The Bertz CT molecular complexity index is 1120. The molecule has 9 heteroatoms. The fourth-order valence-electron chi connectivity index (χ4n) is 3.40. The van der Waals surface area contributed by atoms with E-state index in [1.165, 1.54) is 0 Å². The minimum Gasteiger partial charge on any atom is -0.485 e. The number of fused-ring (bicyclic) bond motifs is 1. The molecule has 1 N–H and O–H groups in total. The van der Waals surface area contributed by atoms with Gasteiger partial charge in [-0.25, -0.2) is 4.98 Å². The van der Waals surface area contributed by atoms with Gasteiger partial charge in [0.05, 0.1) is 24.6 Å². The summed E-state index contributed by atoms with van der Waals surface area (Å²) in [5.74, 6) is 2.22. The molecule has 1 aliphatic rings. The molecule has 29 heavy (non-hydrogen) atoms. The average Bonchev–Trinajstić information content (AvgIpc) is 3.44. The van der Waals surface area contributed by atoms with Crippen LogP contribution in [0, 0.1) is 6.92 Å². The van der Waals surface area contributed by atoms with Gasteiger partial charge in [-0.2, -0.15) is 5.10 Å². The minimum atomic E-state index is 0.282. The molecule has 0 atom stereocenters. The predicted molar refractivity (Wildman–Crippen MR) is 106 cm³/mol. The fraction of sp³-hybridized carbons (Fsp3) is 0.300. The first-order valence-electron chi connectivity index (χ1n) is 9.45. The molecule has 0 saturated carbocycles. The number of morpholine rings is 1. The van der Waals surface area contributed by atoms with Crippen molar-refractivity contribution in [1.29, 1.82) is 0 Å². The van der Waals surface area contributed by atoms with Gasteiger partial charge in [0.1, 0.15) is 29.4 Å². The molecule has 4 aromatic rings. The van der Waals surface area contributed by atoms with E-state index in [1.54, 1.807) is 12.4 Å². The van der Waals surface area contributed by atoms with Gasteiger partial charge in [0.2, 0.25) is 0 Å². The van der Waals surface area contributed by atoms with Gasteiger partial charge in [-0.05, 0) is 19.1 Å². The first kappa shape index (κ1) is 17.6. The highest BCUT2D eigenvalue weighted by atomic mass is 16.5. The monoisotopic (exact) mass is 392 g/mol. The Morgan fingerprint density at radius 2 is 2.07 bits per heavy atom. The van der Waals surface area contributed by atoms with E-state index < -0.39 is 0 Å². The molecule has 0 spiro atoms. The van der Waals surface area contributed by atoms with Crippen molar-refractivity contribution in [2.24, 2.45) is 0 Å². The van der Waals surface area contributed by atoms with Gasteiger partial charge in [-0.3, -0.25) is 10.1 Å². The second kappa shape index (κ2) is 7.51. The smallest absolute Gasteiger partial charge is 0.174 e. The Morgan fingerprint density at radius 3 is 2.83 bits per heavy atom. The van der Waals surface area contributed by atoms with Crippen LogP contribution in [0.5, 0.6) is 5.75 Å². The molecule has 0 unspecified atom stereocenters. The number of aromatic nitrogens is 5. The zero-order valence-corrected chi connectivity index (χ0v) is 16.0. The number of ether oxygens (including phenoxy) is 2. The summed E-state index contributed by atoms with van der Waals surface area (Å²) in [6.45, 7) is 5.07. The number of nitrogens with zero attached hydrogens (tertiary/aromatic N) is 5. The molecule has 0 bridgehead atoms. The topological polar surface area (TPSA) is 102 Å². The first-order valence-corrected chi connectivity index (χ1v) is 9.45. The number of rotatable bonds is 5. The van der Waals surface area contributed by atoms with Crippen molar-refractivity contribution in [3.63, 3.8) is 0 Å². The van der Waals surface area contributed by atoms with Crippen LogP contribution >= 0.6 is 0 Å². The lowest BCUT2D eigenvalue weighted by atomic mass is 10.1. The van der Waals surface area contributed by atoms with E-state index in [9.17, 15) is 0 Å². The van der Waals surface area contributed by atoms with Crippen LogP contribution in [0.4, 0.5) is 5.82 Å². The molecule has 1 saturated heterocycles. The SMILES string of the molecule is Cc1cc(COc2cc(N3CCOCC3)nc3c(-c4ccn[nH]4)nccc23)on1. The van der Waals surface area contributed by atoms with Crippen LogP contribution in [0.25, 0.3) is 22.3 Å². The lowest BCUT2D eigenvalue weighted by Gasteiger charge is -2.28. The Kier molecular flexibility index (Phi) is 4.57. The number of nitrogens with one attached hydrogen (secondary N) is 1. The van der Waals surface area contributed by atoms with Gasteiger partial charge in [-0.15, -0.1) is 0 Å². The highest BCUT2D eigenvalue weighted by molar-refractivity contribution is 5.95. The van der Waals surface area contributed by atoms with E-state index in [-0.39, 0.29) is 6.61 Å². The summed E-state index contributed by atoms with van der Waals surface area (Å²) in [4.78, 5) is 11.6. The number of hydrogen-bond acceptors (Lipinski definition) is 8. The van der Waals surface area contributed by atoms with Gasteiger partial charge in [0, 0.05) is 43.0 Å². The van der Waals surface area contributed by atoms with E-state index in [4.69, 9.17) is 19.0 Å². The molecule has 0 aliphatic carbocycles. The number of hydrogen-bond donors (Lipinski definition) is 1. The third-order valence-corrected chi connectivity index (χ3v) is 4.81. The highest BCUT2D eigenvalue weighted by Crippen LogP contribution is 2.34. The molecular formula is C20H20N6O3. The van der Waals surface area contributed by atoms with Gasteiger partial charge >= 0.3 is 0 Å². The van der Waals surface area contributed by atoms with Crippen LogP contribution in [0.3, 0.4) is 0 Å². The zero-order chi connectivity index (χ0) is 19.6. The summed E-state index contributed by atoms with van der Waals surface area (Å²) in [6.07, 6.45) is 3.45. The van der Waals surface area contributed by atoms with Gasteiger partial charge in [-0.1, -0.05) is 5.16 Å². The molecular weight excluding hydrogens is 372 g/mol. The quantitative estimate of drug-likeness (QED) is 0.553. The minimum absolute atomic E-state index is 0.282. The molecule has 9 nitrogen and oxygen atoms in total. The van der Waals surface area contributed by atoms with E-state index >= 15 is 0 Å². The lowest BCUT2D eigenvalue weighted by molar-refractivity contribution is 0.122. The maximum absolute atomic E-state index is 6.14. The highest BCUT2D eigenvalue weighted by Gasteiger charge is 2.19. The second-order valence-electron chi connectivity index (χ2n) is 6.83. The van der Waals surface area contributed by atoms with E-state index in [2.05, 4.69) is 25.2 Å². The van der Waals surface area contributed by atoms with Gasteiger partial charge < -0.3 is 18.9 Å². The summed E-state index contributed by atoms with van der Waals surface area (Å²) in [6, 6.07) is 7.62. The number of H-pyrrole nitrogens is 1. The Labute approximate surface area is 166 Å². The number of anilines is 1. The summed E-state index contributed by atoms with van der Waals surface area (Å²) in [5, 5.41) is 11.8. The molecule has 1 fully saturated rings. The molecule has 5 heterocycles. The van der Waals surface area contributed by atoms with Gasteiger partial charge in [0.25, 0.3) is 0 Å². The third-order valence-electron chi connectivity index (χ3n) is 4.81. The van der Waals surface area contributed by atoms with Crippen molar-refractivity contribution in [1.82, 2.24) is 25.3 Å². The largest absolute Gasteiger partial charge is 0.485 e. The second-order valence-corrected chi connectivity index (χ2v) is 6.83. The standard InChI is InChI=1S/C20H20N6O3/c1-13-10-14(29-25-13)12-28-17-11-18(26-6-8-27-9-7-26)23-19-15(17)2-4-21-20(19)16-3-5-22-24-16/h2-5,10-11H,6-9,12H2,1H3,(H,22,24). The van der Waals surface area contributed by atoms with Crippen LogP contribution < -0.4 is 9.64 Å². The lowest BCUT2D eigenvalue weighted by Crippen LogP contribution is -2.36. The van der Waals surface area contributed by atoms with Crippen molar-refractivity contribution in [2.45, 2.75) is 13.5 Å². The van der Waals surface area contributed by atoms with Crippen LogP contribution in [0.2, 0.25) is 0 Å². The average molecular weight is 392 g/mol. The van der Waals surface area contributed by atoms with Crippen LogP contribution in [-0.2, 0) is 11.3 Å². The van der Waals surface area contributed by atoms with Crippen molar-refractivity contribution in [3.05, 3.63) is 48.1 Å². The molecule has 0 aromatic carbocycles. The maximum atomic E-state index is 6.14. The predicted octanol–water partition coefficient (Wildman–Crippen LogP) is 2.73. The van der Waals surface area contributed by atoms with Crippen LogP contribution in [0.1, 0.15) is 11.5 Å². The Morgan fingerprint density at radius 1 is 1.17 bits per heavy atom. The Hall–Kier alpha value is -3.46. The zero-order valence-electron chi connectivity index (χ0n) is 16.0. The van der Waals surface area contributed by atoms with Crippen molar-refractivity contribution < 1.29 is 14.0 Å². The van der Waals surface area contributed by atoms with Crippen molar-refractivity contribution in [3.8, 4) is 17.1 Å². The van der Waals surface area contributed by atoms with Gasteiger partial charge in [0.15, 0.2) is 5.76 Å². The molecule has 0 radical (unpaired) electrons. The number of pyridine rings is 2. The summed E-state index contributed by atoms with van der Waals surface area (Å²) in [7, 11) is 0. The van der Waals surface area contributed by atoms with Crippen LogP contribution in [-0.4, -0.2) is 51.6 Å². The molecule has 5 rings (SSSR count). The molecule has 4 aromatic heterocycles. The number of aryl methyl sites for hydroxylation is 1. The molecule has 148 valence electrons. The van der Waals surface area contributed by atoms with E-state index in [1.807, 2.05) is 31.2 Å².